The maximum Gasteiger partial charge on any atom is 0.106 e. The van der Waals surface area contributed by atoms with Gasteiger partial charge < -0.3 is 11.1 Å². The lowest BCUT2D eigenvalue weighted by molar-refractivity contribution is 0.330. The average molecular weight is 276 g/mol. The third kappa shape index (κ3) is 3.69. The monoisotopic (exact) mass is 276 g/mol. The molecule has 1 aliphatic rings. The van der Waals surface area contributed by atoms with E-state index in [1.807, 2.05) is 0 Å². The van der Waals surface area contributed by atoms with Crippen molar-refractivity contribution in [3.63, 3.8) is 0 Å². The maximum atomic E-state index is 5.82. The summed E-state index contributed by atoms with van der Waals surface area (Å²) < 4.78 is 0. The summed E-state index contributed by atoms with van der Waals surface area (Å²) in [4.78, 5) is 0.480. The van der Waals surface area contributed by atoms with Crippen LogP contribution in [0.15, 0.2) is 18.2 Å². The summed E-state index contributed by atoms with van der Waals surface area (Å²) in [5.74, 6) is 0.922. The van der Waals surface area contributed by atoms with Gasteiger partial charge in [0.15, 0.2) is 0 Å². The Morgan fingerprint density at radius 3 is 2.58 bits per heavy atom. The quantitative estimate of drug-likeness (QED) is 0.816. The van der Waals surface area contributed by atoms with Gasteiger partial charge in [0, 0.05) is 17.3 Å². The van der Waals surface area contributed by atoms with Crippen molar-refractivity contribution in [2.75, 3.05) is 5.32 Å². The summed E-state index contributed by atoms with van der Waals surface area (Å²) in [6, 6.07) is 6.86. The van der Waals surface area contributed by atoms with Crippen molar-refractivity contribution in [3.05, 3.63) is 29.3 Å². The van der Waals surface area contributed by atoms with Crippen LogP contribution >= 0.6 is 12.2 Å². The molecular formula is C16H24N2S. The highest BCUT2D eigenvalue weighted by molar-refractivity contribution is 7.80. The predicted molar refractivity (Wildman–Crippen MR) is 86.7 cm³/mol. The lowest BCUT2D eigenvalue weighted by atomic mass is 9.84. The maximum absolute atomic E-state index is 5.82. The number of nitrogens with one attached hydrogen (secondary N) is 1. The molecule has 19 heavy (non-hydrogen) atoms. The van der Waals surface area contributed by atoms with E-state index < -0.39 is 0 Å². The Balaban J connectivity index is 2.05. The Bertz CT molecular complexity index is 448. The number of rotatable bonds is 4. The van der Waals surface area contributed by atoms with E-state index in [2.05, 4.69) is 37.4 Å². The minimum absolute atomic E-state index is 0.480. The lowest BCUT2D eigenvalue weighted by Gasteiger charge is -2.29. The van der Waals surface area contributed by atoms with Crippen LogP contribution in [-0.2, 0) is 0 Å². The van der Waals surface area contributed by atoms with E-state index in [-0.39, 0.29) is 0 Å². The Labute approximate surface area is 121 Å². The third-order valence-electron chi connectivity index (χ3n) is 4.22. The van der Waals surface area contributed by atoms with E-state index in [0.717, 1.165) is 17.2 Å². The van der Waals surface area contributed by atoms with Gasteiger partial charge in [-0.1, -0.05) is 37.2 Å². The Morgan fingerprint density at radius 1 is 1.32 bits per heavy atom. The molecule has 1 saturated carbocycles. The standard InChI is InChI=1S/C16H24N2S/c1-3-12-5-7-13(8-6-12)18-15-9-4-11(2)10-14(15)16(17)19/h4,9-10,12-13,18H,3,5-8H2,1-2H3,(H2,17,19). The highest BCUT2D eigenvalue weighted by atomic mass is 32.1. The predicted octanol–water partition coefficient (Wildman–Crippen LogP) is 4.01. The zero-order valence-electron chi connectivity index (χ0n) is 11.9. The molecule has 2 nitrogen and oxygen atoms in total. The van der Waals surface area contributed by atoms with Crippen molar-refractivity contribution in [3.8, 4) is 0 Å². The molecule has 0 saturated heterocycles. The number of benzene rings is 1. The summed E-state index contributed by atoms with van der Waals surface area (Å²) in [7, 11) is 0. The molecule has 3 N–H and O–H groups in total. The number of anilines is 1. The Kier molecular flexibility index (Phi) is 4.81. The van der Waals surface area contributed by atoms with Crippen LogP contribution in [0.2, 0.25) is 0 Å². The van der Waals surface area contributed by atoms with Gasteiger partial charge in [-0.25, -0.2) is 0 Å². The van der Waals surface area contributed by atoms with Crippen molar-refractivity contribution < 1.29 is 0 Å². The normalized spacial score (nSPS) is 23.1. The molecule has 1 aliphatic carbocycles. The van der Waals surface area contributed by atoms with Crippen molar-refractivity contribution in [2.24, 2.45) is 11.7 Å². The van der Waals surface area contributed by atoms with Gasteiger partial charge in [-0.05, 0) is 50.7 Å². The second-order valence-corrected chi connectivity index (χ2v) is 6.12. The van der Waals surface area contributed by atoms with Gasteiger partial charge in [0.1, 0.15) is 4.99 Å². The van der Waals surface area contributed by atoms with Crippen molar-refractivity contribution in [1.29, 1.82) is 0 Å². The van der Waals surface area contributed by atoms with Crippen LogP contribution in [0.1, 0.15) is 50.2 Å². The molecule has 3 heteroatoms. The van der Waals surface area contributed by atoms with E-state index in [0.29, 0.717) is 11.0 Å². The molecule has 0 amide bonds. The van der Waals surface area contributed by atoms with Gasteiger partial charge in [-0.2, -0.15) is 0 Å². The van der Waals surface area contributed by atoms with Crippen LogP contribution in [0.3, 0.4) is 0 Å². The highest BCUT2D eigenvalue weighted by Gasteiger charge is 2.20. The lowest BCUT2D eigenvalue weighted by Crippen LogP contribution is -2.27. The van der Waals surface area contributed by atoms with Crippen molar-refractivity contribution in [1.82, 2.24) is 0 Å². The van der Waals surface area contributed by atoms with Gasteiger partial charge in [0.05, 0.1) is 0 Å². The van der Waals surface area contributed by atoms with E-state index in [1.165, 1.54) is 37.7 Å². The van der Waals surface area contributed by atoms with Crippen LogP contribution in [0, 0.1) is 12.8 Å². The Hall–Kier alpha value is -1.09. The molecule has 1 aromatic carbocycles. The second-order valence-electron chi connectivity index (χ2n) is 5.68. The fourth-order valence-electron chi connectivity index (χ4n) is 2.92. The first-order chi connectivity index (χ1) is 9.10. The number of aryl methyl sites for hydroxylation is 1. The molecule has 1 aromatic rings. The van der Waals surface area contributed by atoms with E-state index in [1.54, 1.807) is 0 Å². The van der Waals surface area contributed by atoms with Gasteiger partial charge >= 0.3 is 0 Å². The number of nitrogens with two attached hydrogens (primary N) is 1. The summed E-state index contributed by atoms with van der Waals surface area (Å²) in [6.07, 6.45) is 6.49. The number of thiocarbonyl (C=S) groups is 1. The Morgan fingerprint density at radius 2 is 2.00 bits per heavy atom. The SMILES string of the molecule is CCC1CCC(Nc2ccc(C)cc2C(N)=S)CC1. The van der Waals surface area contributed by atoms with Crippen molar-refractivity contribution >= 4 is 22.9 Å². The van der Waals surface area contributed by atoms with Crippen LogP contribution < -0.4 is 11.1 Å². The molecule has 0 radical (unpaired) electrons. The van der Waals surface area contributed by atoms with Crippen molar-refractivity contribution in [2.45, 2.75) is 52.0 Å². The molecule has 0 spiro atoms. The van der Waals surface area contributed by atoms with E-state index >= 15 is 0 Å². The molecule has 1 fully saturated rings. The van der Waals surface area contributed by atoms with E-state index in [4.69, 9.17) is 18.0 Å². The van der Waals surface area contributed by atoms with Crippen LogP contribution in [0.25, 0.3) is 0 Å². The molecule has 104 valence electrons. The first kappa shape index (κ1) is 14.3. The van der Waals surface area contributed by atoms with E-state index in [9.17, 15) is 0 Å². The molecule has 2 rings (SSSR count). The van der Waals surface area contributed by atoms with Crippen LogP contribution in [-0.4, -0.2) is 11.0 Å². The largest absolute Gasteiger partial charge is 0.389 e. The number of hydrogen-bond acceptors (Lipinski definition) is 2. The molecule has 0 atom stereocenters. The summed E-state index contributed by atoms with van der Waals surface area (Å²) in [5.41, 5.74) is 9.10. The van der Waals surface area contributed by atoms with Gasteiger partial charge in [-0.15, -0.1) is 0 Å². The zero-order valence-corrected chi connectivity index (χ0v) is 12.7. The van der Waals surface area contributed by atoms with Gasteiger partial charge in [-0.3, -0.25) is 0 Å². The average Bonchev–Trinajstić information content (AvgIpc) is 2.41. The molecule has 0 aromatic heterocycles. The minimum atomic E-state index is 0.480. The smallest absolute Gasteiger partial charge is 0.106 e. The second kappa shape index (κ2) is 6.38. The molecule has 0 bridgehead atoms. The van der Waals surface area contributed by atoms with Gasteiger partial charge in [0.2, 0.25) is 0 Å². The van der Waals surface area contributed by atoms with Gasteiger partial charge in [0.25, 0.3) is 0 Å². The fraction of sp³-hybridized carbons (Fsp3) is 0.562. The summed E-state index contributed by atoms with van der Waals surface area (Å²) >= 11 is 5.15. The first-order valence-corrected chi connectivity index (χ1v) is 7.68. The molecular weight excluding hydrogens is 252 g/mol. The topological polar surface area (TPSA) is 38.0 Å². The third-order valence-corrected chi connectivity index (χ3v) is 4.44. The minimum Gasteiger partial charge on any atom is -0.389 e. The first-order valence-electron chi connectivity index (χ1n) is 7.27. The fourth-order valence-corrected chi connectivity index (χ4v) is 3.09. The molecule has 0 unspecified atom stereocenters. The van der Waals surface area contributed by atoms with Crippen LogP contribution in [0.5, 0.6) is 0 Å². The summed E-state index contributed by atoms with van der Waals surface area (Å²) in [5, 5.41) is 3.64. The molecule has 0 aliphatic heterocycles. The number of hydrogen-bond donors (Lipinski definition) is 2. The van der Waals surface area contributed by atoms with Crippen LogP contribution in [0.4, 0.5) is 5.69 Å². The zero-order chi connectivity index (χ0) is 13.8. The highest BCUT2D eigenvalue weighted by Crippen LogP contribution is 2.29. The summed E-state index contributed by atoms with van der Waals surface area (Å²) in [6.45, 7) is 4.36. The molecule has 0 heterocycles.